The molecule has 1 aromatic carbocycles. The van der Waals surface area contributed by atoms with Crippen molar-refractivity contribution >= 4 is 5.97 Å². The van der Waals surface area contributed by atoms with Crippen LogP contribution in [0.4, 0.5) is 0 Å². The topological polar surface area (TPSA) is 38.3 Å². The molecule has 0 unspecified atom stereocenters. The highest BCUT2D eigenvalue weighted by atomic mass is 16.6. The van der Waals surface area contributed by atoms with Crippen molar-refractivity contribution in [3.05, 3.63) is 35.9 Å². The summed E-state index contributed by atoms with van der Waals surface area (Å²) in [7, 11) is 1.87. The van der Waals surface area contributed by atoms with Crippen LogP contribution < -0.4 is 5.32 Å². The highest BCUT2D eigenvalue weighted by Gasteiger charge is 2.19. The molecule has 0 aliphatic heterocycles. The quantitative estimate of drug-likeness (QED) is 0.815. The van der Waals surface area contributed by atoms with Gasteiger partial charge in [-0.25, -0.2) is 0 Å². The molecule has 1 N–H and O–H groups in total. The van der Waals surface area contributed by atoms with Crippen molar-refractivity contribution in [3.63, 3.8) is 0 Å². The van der Waals surface area contributed by atoms with Gasteiger partial charge in [-0.3, -0.25) is 4.79 Å². The first-order valence-corrected chi connectivity index (χ1v) is 6.34. The molecule has 1 atom stereocenters. The van der Waals surface area contributed by atoms with Crippen molar-refractivity contribution in [3.8, 4) is 0 Å². The molecule has 18 heavy (non-hydrogen) atoms. The van der Waals surface area contributed by atoms with Gasteiger partial charge >= 0.3 is 5.97 Å². The second-order valence-corrected chi connectivity index (χ2v) is 5.47. The molecule has 3 heteroatoms. The third kappa shape index (κ3) is 5.82. The Morgan fingerprint density at radius 1 is 1.28 bits per heavy atom. The fourth-order valence-corrected chi connectivity index (χ4v) is 1.76. The van der Waals surface area contributed by atoms with Crippen LogP contribution >= 0.6 is 0 Å². The van der Waals surface area contributed by atoms with E-state index in [1.807, 2.05) is 46.0 Å². The first kappa shape index (κ1) is 14.7. The van der Waals surface area contributed by atoms with E-state index in [1.165, 1.54) is 5.56 Å². The van der Waals surface area contributed by atoms with Gasteiger partial charge in [0.15, 0.2) is 0 Å². The van der Waals surface area contributed by atoms with Gasteiger partial charge in [0.25, 0.3) is 0 Å². The number of hydrogen-bond donors (Lipinski definition) is 1. The lowest BCUT2D eigenvalue weighted by Gasteiger charge is -2.22. The molecule has 0 radical (unpaired) electrons. The van der Waals surface area contributed by atoms with Crippen LogP contribution in [0.3, 0.4) is 0 Å². The molecule has 1 rings (SSSR count). The van der Waals surface area contributed by atoms with E-state index in [0.717, 1.165) is 6.42 Å². The summed E-state index contributed by atoms with van der Waals surface area (Å²) in [6.45, 7) is 5.66. The SMILES string of the molecule is CN[C@H](CC(=O)OC(C)(C)C)Cc1ccccc1. The Balaban J connectivity index is 2.50. The van der Waals surface area contributed by atoms with E-state index < -0.39 is 5.60 Å². The fourth-order valence-electron chi connectivity index (χ4n) is 1.76. The van der Waals surface area contributed by atoms with Crippen LogP contribution in [-0.4, -0.2) is 24.7 Å². The largest absolute Gasteiger partial charge is 0.460 e. The van der Waals surface area contributed by atoms with Gasteiger partial charge in [0, 0.05) is 6.04 Å². The molecule has 0 spiro atoms. The van der Waals surface area contributed by atoms with Gasteiger partial charge in [-0.2, -0.15) is 0 Å². The zero-order valence-corrected chi connectivity index (χ0v) is 11.7. The number of benzene rings is 1. The molecule has 0 aliphatic rings. The van der Waals surface area contributed by atoms with E-state index in [-0.39, 0.29) is 12.0 Å². The molecule has 3 nitrogen and oxygen atoms in total. The van der Waals surface area contributed by atoms with E-state index in [2.05, 4.69) is 17.4 Å². The summed E-state index contributed by atoms with van der Waals surface area (Å²) >= 11 is 0. The average Bonchev–Trinajstić information content (AvgIpc) is 2.27. The van der Waals surface area contributed by atoms with Crippen molar-refractivity contribution < 1.29 is 9.53 Å². The maximum atomic E-state index is 11.8. The minimum Gasteiger partial charge on any atom is -0.460 e. The van der Waals surface area contributed by atoms with Crippen LogP contribution in [0.5, 0.6) is 0 Å². The minimum absolute atomic E-state index is 0.113. The van der Waals surface area contributed by atoms with Crippen LogP contribution in [0.2, 0.25) is 0 Å². The summed E-state index contributed by atoms with van der Waals surface area (Å²) in [5.74, 6) is -0.155. The summed E-state index contributed by atoms with van der Waals surface area (Å²) in [4.78, 5) is 11.8. The van der Waals surface area contributed by atoms with E-state index in [4.69, 9.17) is 4.74 Å². The first-order valence-electron chi connectivity index (χ1n) is 6.34. The third-order valence-electron chi connectivity index (χ3n) is 2.57. The van der Waals surface area contributed by atoms with E-state index in [0.29, 0.717) is 6.42 Å². The van der Waals surface area contributed by atoms with Gasteiger partial charge in [0.1, 0.15) is 5.60 Å². The number of likely N-dealkylation sites (N-methyl/N-ethyl adjacent to an activating group) is 1. The van der Waals surface area contributed by atoms with E-state index >= 15 is 0 Å². The molecule has 0 saturated carbocycles. The fraction of sp³-hybridized carbons (Fsp3) is 0.533. The maximum absolute atomic E-state index is 11.8. The number of nitrogens with one attached hydrogen (secondary N) is 1. The lowest BCUT2D eigenvalue weighted by molar-refractivity contribution is -0.155. The van der Waals surface area contributed by atoms with Gasteiger partial charge < -0.3 is 10.1 Å². The molecule has 0 aromatic heterocycles. The second kappa shape index (κ2) is 6.55. The highest BCUT2D eigenvalue weighted by Crippen LogP contribution is 2.11. The molecule has 100 valence electrons. The zero-order chi connectivity index (χ0) is 13.6. The van der Waals surface area contributed by atoms with E-state index in [9.17, 15) is 4.79 Å². The number of rotatable bonds is 5. The van der Waals surface area contributed by atoms with Crippen molar-refractivity contribution in [1.29, 1.82) is 0 Å². The smallest absolute Gasteiger partial charge is 0.307 e. The Labute approximate surface area is 110 Å². The first-order chi connectivity index (χ1) is 8.40. The molecule has 0 saturated heterocycles. The van der Waals surface area contributed by atoms with Crippen LogP contribution in [0, 0.1) is 0 Å². The number of carbonyl (C=O) groups excluding carboxylic acids is 1. The molecule has 0 heterocycles. The molecule has 0 aliphatic carbocycles. The van der Waals surface area contributed by atoms with Crippen LogP contribution in [-0.2, 0) is 16.0 Å². The number of ether oxygens (including phenoxy) is 1. The van der Waals surface area contributed by atoms with Crippen LogP contribution in [0.15, 0.2) is 30.3 Å². The maximum Gasteiger partial charge on any atom is 0.307 e. The highest BCUT2D eigenvalue weighted by molar-refractivity contribution is 5.70. The third-order valence-corrected chi connectivity index (χ3v) is 2.57. The van der Waals surface area contributed by atoms with Crippen molar-refractivity contribution in [2.45, 2.75) is 45.3 Å². The van der Waals surface area contributed by atoms with Crippen molar-refractivity contribution in [1.82, 2.24) is 5.32 Å². The minimum atomic E-state index is -0.415. The molecular weight excluding hydrogens is 226 g/mol. The summed E-state index contributed by atoms with van der Waals surface area (Å²) < 4.78 is 5.33. The summed E-state index contributed by atoms with van der Waals surface area (Å²) in [5.41, 5.74) is 0.808. The molecule has 0 fully saturated rings. The predicted molar refractivity (Wildman–Crippen MR) is 73.5 cm³/mol. The summed E-state index contributed by atoms with van der Waals surface area (Å²) in [6, 6.07) is 10.3. The molecule has 1 aromatic rings. The van der Waals surface area contributed by atoms with Crippen molar-refractivity contribution in [2.24, 2.45) is 0 Å². The Hall–Kier alpha value is -1.35. The van der Waals surface area contributed by atoms with Crippen LogP contribution in [0.1, 0.15) is 32.8 Å². The van der Waals surface area contributed by atoms with Crippen LogP contribution in [0.25, 0.3) is 0 Å². The standard InChI is InChI=1S/C15H23NO2/c1-15(2,3)18-14(17)11-13(16-4)10-12-8-6-5-7-9-12/h5-9,13,16H,10-11H2,1-4H3/t13-/m0/s1. The number of esters is 1. The van der Waals surface area contributed by atoms with Gasteiger partial charge in [-0.1, -0.05) is 30.3 Å². The van der Waals surface area contributed by atoms with Gasteiger partial charge in [-0.05, 0) is 39.8 Å². The van der Waals surface area contributed by atoms with Crippen molar-refractivity contribution in [2.75, 3.05) is 7.05 Å². The lowest BCUT2D eigenvalue weighted by atomic mass is 10.0. The summed E-state index contributed by atoms with van der Waals surface area (Å²) in [6.07, 6.45) is 1.22. The monoisotopic (exact) mass is 249 g/mol. The van der Waals surface area contributed by atoms with Gasteiger partial charge in [0.2, 0.25) is 0 Å². The Kier molecular flexibility index (Phi) is 5.35. The van der Waals surface area contributed by atoms with Gasteiger partial charge in [-0.15, -0.1) is 0 Å². The molecule has 0 bridgehead atoms. The Morgan fingerprint density at radius 3 is 2.39 bits per heavy atom. The molecule has 0 amide bonds. The van der Waals surface area contributed by atoms with Gasteiger partial charge in [0.05, 0.1) is 6.42 Å². The summed E-state index contributed by atoms with van der Waals surface area (Å²) in [5, 5.41) is 3.17. The average molecular weight is 249 g/mol. The predicted octanol–water partition coefficient (Wildman–Crippen LogP) is 2.55. The zero-order valence-electron chi connectivity index (χ0n) is 11.7. The Morgan fingerprint density at radius 2 is 1.89 bits per heavy atom. The number of carbonyl (C=O) groups is 1. The molecular formula is C15H23NO2. The number of hydrogen-bond acceptors (Lipinski definition) is 3. The normalized spacial score (nSPS) is 13.1. The lowest BCUT2D eigenvalue weighted by Crippen LogP contribution is -2.33. The Bertz CT molecular complexity index is 368. The second-order valence-electron chi connectivity index (χ2n) is 5.47. The van der Waals surface area contributed by atoms with E-state index in [1.54, 1.807) is 0 Å².